The molecule has 19 heavy (non-hydrogen) atoms. The third-order valence-corrected chi connectivity index (χ3v) is 5.16. The van der Waals surface area contributed by atoms with Gasteiger partial charge in [-0.3, -0.25) is 4.79 Å². The Morgan fingerprint density at radius 1 is 1.00 bits per heavy atom. The summed E-state index contributed by atoms with van der Waals surface area (Å²) in [6.07, 6.45) is 0.915. The van der Waals surface area contributed by atoms with Gasteiger partial charge in [-0.05, 0) is 29.3 Å². The first-order chi connectivity index (χ1) is 9.09. The van der Waals surface area contributed by atoms with Crippen molar-refractivity contribution >= 4 is 26.7 Å². The van der Waals surface area contributed by atoms with Gasteiger partial charge in [0, 0.05) is 13.0 Å². The Balaban J connectivity index is 2.10. The highest BCUT2D eigenvalue weighted by Gasteiger charge is 2.32. The van der Waals surface area contributed by atoms with Crippen LogP contribution in [0, 0.1) is 0 Å². The number of sulfonamides is 1. The number of amides is 1. The van der Waals surface area contributed by atoms with Crippen molar-refractivity contribution in [2.75, 3.05) is 6.54 Å². The summed E-state index contributed by atoms with van der Waals surface area (Å²) in [5, 5.41) is 1.84. The Bertz CT molecular complexity index is 752. The summed E-state index contributed by atoms with van der Waals surface area (Å²) in [6, 6.07) is 12.5. The van der Waals surface area contributed by atoms with Gasteiger partial charge in [-0.1, -0.05) is 30.3 Å². The molecule has 1 heterocycles. The summed E-state index contributed by atoms with van der Waals surface area (Å²) in [5.74, 6) is -0.312. The van der Waals surface area contributed by atoms with Crippen LogP contribution >= 0.6 is 0 Å². The molecule has 0 saturated carbocycles. The van der Waals surface area contributed by atoms with E-state index in [-0.39, 0.29) is 17.3 Å². The van der Waals surface area contributed by atoms with E-state index in [0.717, 1.165) is 15.1 Å². The van der Waals surface area contributed by atoms with Crippen LogP contribution in [-0.4, -0.2) is 25.2 Å². The van der Waals surface area contributed by atoms with E-state index in [4.69, 9.17) is 0 Å². The minimum atomic E-state index is -3.70. The van der Waals surface area contributed by atoms with Crippen molar-refractivity contribution in [1.82, 2.24) is 4.31 Å². The Kier molecular flexibility index (Phi) is 2.78. The van der Waals surface area contributed by atoms with Gasteiger partial charge in [0.2, 0.25) is 5.91 Å². The average molecular weight is 275 g/mol. The molecule has 0 radical (unpaired) electrons. The monoisotopic (exact) mass is 275 g/mol. The fourth-order valence-corrected chi connectivity index (χ4v) is 3.83. The molecular weight excluding hydrogens is 262 g/mol. The number of nitrogens with zero attached hydrogens (tertiary/aromatic N) is 1. The zero-order valence-electron chi connectivity index (χ0n) is 10.2. The molecule has 0 aromatic heterocycles. The van der Waals surface area contributed by atoms with E-state index in [1.807, 2.05) is 24.3 Å². The molecule has 1 fully saturated rings. The molecule has 0 atom stereocenters. The highest BCUT2D eigenvalue weighted by Crippen LogP contribution is 2.25. The number of carbonyl (C=O) groups is 1. The van der Waals surface area contributed by atoms with Gasteiger partial charge in [-0.15, -0.1) is 0 Å². The van der Waals surface area contributed by atoms with E-state index < -0.39 is 10.0 Å². The first-order valence-corrected chi connectivity index (χ1v) is 7.57. The number of benzene rings is 2. The summed E-state index contributed by atoms with van der Waals surface area (Å²) >= 11 is 0. The van der Waals surface area contributed by atoms with Crippen LogP contribution in [0.4, 0.5) is 0 Å². The molecule has 0 N–H and O–H groups in total. The Morgan fingerprint density at radius 2 is 1.74 bits per heavy atom. The lowest BCUT2D eigenvalue weighted by atomic mass is 10.1. The zero-order valence-corrected chi connectivity index (χ0v) is 11.1. The van der Waals surface area contributed by atoms with E-state index in [0.29, 0.717) is 12.8 Å². The van der Waals surface area contributed by atoms with Crippen molar-refractivity contribution in [3.63, 3.8) is 0 Å². The van der Waals surface area contributed by atoms with Gasteiger partial charge in [0.05, 0.1) is 4.90 Å². The Labute approximate surface area is 111 Å². The molecule has 1 aliphatic rings. The molecule has 1 saturated heterocycles. The third-order valence-electron chi connectivity index (χ3n) is 3.34. The minimum Gasteiger partial charge on any atom is -0.274 e. The van der Waals surface area contributed by atoms with Crippen LogP contribution in [-0.2, 0) is 14.8 Å². The number of hydrogen-bond donors (Lipinski definition) is 0. The second-order valence-corrected chi connectivity index (χ2v) is 6.45. The summed E-state index contributed by atoms with van der Waals surface area (Å²) in [6.45, 7) is 0.286. The SMILES string of the molecule is O=C1CCCN1S(=O)(=O)c1ccc2ccccc2c1. The number of hydrogen-bond acceptors (Lipinski definition) is 3. The molecule has 0 aliphatic carbocycles. The normalized spacial score (nSPS) is 16.2. The van der Waals surface area contributed by atoms with Crippen molar-refractivity contribution in [2.45, 2.75) is 17.7 Å². The lowest BCUT2D eigenvalue weighted by Gasteiger charge is -2.16. The molecule has 3 rings (SSSR count). The highest BCUT2D eigenvalue weighted by molar-refractivity contribution is 7.89. The van der Waals surface area contributed by atoms with Crippen molar-refractivity contribution < 1.29 is 13.2 Å². The summed E-state index contributed by atoms with van der Waals surface area (Å²) in [5.41, 5.74) is 0. The van der Waals surface area contributed by atoms with Gasteiger partial charge < -0.3 is 0 Å². The fourth-order valence-electron chi connectivity index (χ4n) is 2.33. The topological polar surface area (TPSA) is 54.5 Å². The van der Waals surface area contributed by atoms with Gasteiger partial charge >= 0.3 is 0 Å². The largest absolute Gasteiger partial charge is 0.274 e. The van der Waals surface area contributed by atoms with E-state index >= 15 is 0 Å². The first-order valence-electron chi connectivity index (χ1n) is 6.13. The van der Waals surface area contributed by atoms with E-state index in [1.54, 1.807) is 18.2 Å². The van der Waals surface area contributed by atoms with E-state index in [2.05, 4.69) is 0 Å². The third kappa shape index (κ3) is 2.00. The van der Waals surface area contributed by atoms with Gasteiger partial charge in [-0.25, -0.2) is 12.7 Å². The van der Waals surface area contributed by atoms with Gasteiger partial charge in [0.1, 0.15) is 0 Å². The average Bonchev–Trinajstić information content (AvgIpc) is 2.85. The van der Waals surface area contributed by atoms with Gasteiger partial charge in [0.15, 0.2) is 0 Å². The maximum atomic E-state index is 12.4. The van der Waals surface area contributed by atoms with Gasteiger partial charge in [-0.2, -0.15) is 0 Å². The van der Waals surface area contributed by atoms with Crippen molar-refractivity contribution in [1.29, 1.82) is 0 Å². The van der Waals surface area contributed by atoms with Crippen molar-refractivity contribution in [2.24, 2.45) is 0 Å². The molecule has 1 amide bonds. The van der Waals surface area contributed by atoms with Crippen LogP contribution in [0.5, 0.6) is 0 Å². The van der Waals surface area contributed by atoms with Crippen LogP contribution in [0.2, 0.25) is 0 Å². The fraction of sp³-hybridized carbons (Fsp3) is 0.214. The van der Waals surface area contributed by atoms with Crippen molar-refractivity contribution in [3.05, 3.63) is 42.5 Å². The minimum absolute atomic E-state index is 0.182. The standard InChI is InChI=1S/C14H13NO3S/c16-14-6-3-9-15(14)19(17,18)13-8-7-11-4-1-2-5-12(11)10-13/h1-2,4-5,7-8,10H,3,6,9H2. The predicted molar refractivity (Wildman–Crippen MR) is 72.1 cm³/mol. The maximum Gasteiger partial charge on any atom is 0.266 e. The summed E-state index contributed by atoms with van der Waals surface area (Å²) < 4.78 is 25.8. The zero-order chi connectivity index (χ0) is 13.5. The van der Waals surface area contributed by atoms with Gasteiger partial charge in [0.25, 0.3) is 10.0 Å². The maximum absolute atomic E-state index is 12.4. The molecule has 5 heteroatoms. The van der Waals surface area contributed by atoms with Crippen LogP contribution in [0.15, 0.2) is 47.4 Å². The number of carbonyl (C=O) groups excluding carboxylic acids is 1. The summed E-state index contributed by atoms with van der Waals surface area (Å²) in [7, 11) is -3.70. The lowest BCUT2D eigenvalue weighted by Crippen LogP contribution is -2.31. The second-order valence-electron chi connectivity index (χ2n) is 4.58. The molecule has 1 aliphatic heterocycles. The van der Waals surface area contributed by atoms with E-state index in [9.17, 15) is 13.2 Å². The summed E-state index contributed by atoms with van der Waals surface area (Å²) in [4.78, 5) is 11.8. The first kappa shape index (κ1) is 12.2. The number of rotatable bonds is 2. The molecule has 4 nitrogen and oxygen atoms in total. The number of fused-ring (bicyclic) bond motifs is 1. The molecular formula is C14H13NO3S. The molecule has 2 aromatic rings. The lowest BCUT2D eigenvalue weighted by molar-refractivity contribution is -0.123. The van der Waals surface area contributed by atoms with Crippen molar-refractivity contribution in [3.8, 4) is 0 Å². The van der Waals surface area contributed by atoms with Crippen LogP contribution < -0.4 is 0 Å². The molecule has 98 valence electrons. The molecule has 0 bridgehead atoms. The Morgan fingerprint density at radius 3 is 2.42 bits per heavy atom. The molecule has 2 aromatic carbocycles. The smallest absolute Gasteiger partial charge is 0.266 e. The van der Waals surface area contributed by atoms with Crippen LogP contribution in [0.25, 0.3) is 10.8 Å². The second kappa shape index (κ2) is 4.35. The highest BCUT2D eigenvalue weighted by atomic mass is 32.2. The van der Waals surface area contributed by atoms with Crippen LogP contribution in [0.1, 0.15) is 12.8 Å². The molecule has 0 spiro atoms. The van der Waals surface area contributed by atoms with E-state index in [1.165, 1.54) is 0 Å². The van der Waals surface area contributed by atoms with Crippen LogP contribution in [0.3, 0.4) is 0 Å². The molecule has 0 unspecified atom stereocenters. The Hall–Kier alpha value is -1.88. The quantitative estimate of drug-likeness (QED) is 0.844. The predicted octanol–water partition coefficient (Wildman–Crippen LogP) is 2.15.